The molecule has 0 aliphatic rings. The summed E-state index contributed by atoms with van der Waals surface area (Å²) in [6.45, 7) is 3.63. The number of rotatable bonds is 6. The molecule has 0 spiro atoms. The van der Waals surface area contributed by atoms with Gasteiger partial charge in [-0.3, -0.25) is 4.68 Å². The predicted octanol–water partition coefficient (Wildman–Crippen LogP) is 3.05. The highest BCUT2D eigenvalue weighted by atomic mass is 19.1. The molecule has 2 rings (SSSR count). The summed E-state index contributed by atoms with van der Waals surface area (Å²) in [4.78, 5) is 0. The Kier molecular flexibility index (Phi) is 4.39. The molecule has 1 aromatic heterocycles. The molecule has 2 aromatic rings. The molecule has 1 heterocycles. The first-order valence-electron chi connectivity index (χ1n) is 6.32. The van der Waals surface area contributed by atoms with Crippen LogP contribution in [0.3, 0.4) is 0 Å². The van der Waals surface area contributed by atoms with Crippen LogP contribution in [-0.4, -0.2) is 16.9 Å². The Labute approximate surface area is 112 Å². The SMILES string of the molecule is CCCn1nccc1CNc1ccc(F)cc1OC. The van der Waals surface area contributed by atoms with Gasteiger partial charge in [-0.25, -0.2) is 4.39 Å². The molecule has 0 bridgehead atoms. The van der Waals surface area contributed by atoms with Crippen molar-refractivity contribution in [2.75, 3.05) is 12.4 Å². The van der Waals surface area contributed by atoms with E-state index in [1.165, 1.54) is 19.2 Å². The fraction of sp³-hybridized carbons (Fsp3) is 0.357. The van der Waals surface area contributed by atoms with Crippen LogP contribution in [-0.2, 0) is 13.1 Å². The van der Waals surface area contributed by atoms with Gasteiger partial charge in [-0.2, -0.15) is 5.10 Å². The van der Waals surface area contributed by atoms with Crippen molar-refractivity contribution in [1.82, 2.24) is 9.78 Å². The maximum absolute atomic E-state index is 13.1. The summed E-state index contributed by atoms with van der Waals surface area (Å²) in [5, 5.41) is 7.50. The first-order valence-corrected chi connectivity index (χ1v) is 6.32. The molecule has 0 saturated heterocycles. The van der Waals surface area contributed by atoms with Gasteiger partial charge in [-0.1, -0.05) is 6.92 Å². The third kappa shape index (κ3) is 3.24. The number of aryl methyl sites for hydroxylation is 1. The molecular formula is C14H18FN3O. The molecule has 19 heavy (non-hydrogen) atoms. The van der Waals surface area contributed by atoms with E-state index in [2.05, 4.69) is 17.3 Å². The lowest BCUT2D eigenvalue weighted by molar-refractivity contribution is 0.413. The standard InChI is InChI=1S/C14H18FN3O/c1-3-8-18-12(6-7-17-18)10-16-13-5-4-11(15)9-14(13)19-2/h4-7,9,16H,3,8,10H2,1-2H3. The number of hydrogen-bond acceptors (Lipinski definition) is 3. The smallest absolute Gasteiger partial charge is 0.144 e. The molecule has 1 aromatic carbocycles. The van der Waals surface area contributed by atoms with Crippen LogP contribution in [0, 0.1) is 5.82 Å². The van der Waals surface area contributed by atoms with Crippen LogP contribution in [0.4, 0.5) is 10.1 Å². The van der Waals surface area contributed by atoms with Gasteiger partial charge in [-0.05, 0) is 24.6 Å². The molecule has 4 nitrogen and oxygen atoms in total. The molecule has 102 valence electrons. The van der Waals surface area contributed by atoms with Crippen molar-refractivity contribution in [3.63, 3.8) is 0 Å². The van der Waals surface area contributed by atoms with E-state index in [-0.39, 0.29) is 5.82 Å². The number of methoxy groups -OCH3 is 1. The molecule has 0 amide bonds. The zero-order valence-electron chi connectivity index (χ0n) is 11.2. The fourth-order valence-electron chi connectivity index (χ4n) is 1.92. The van der Waals surface area contributed by atoms with Crippen LogP contribution in [0.25, 0.3) is 0 Å². The van der Waals surface area contributed by atoms with Gasteiger partial charge in [0.05, 0.1) is 25.0 Å². The van der Waals surface area contributed by atoms with E-state index < -0.39 is 0 Å². The summed E-state index contributed by atoms with van der Waals surface area (Å²) < 4.78 is 20.2. The monoisotopic (exact) mass is 263 g/mol. The van der Waals surface area contributed by atoms with E-state index in [4.69, 9.17) is 4.74 Å². The molecule has 5 heteroatoms. The minimum Gasteiger partial charge on any atom is -0.494 e. The lowest BCUT2D eigenvalue weighted by atomic mass is 10.2. The second kappa shape index (κ2) is 6.22. The second-order valence-corrected chi connectivity index (χ2v) is 4.24. The Morgan fingerprint density at radius 3 is 2.95 bits per heavy atom. The van der Waals surface area contributed by atoms with Crippen LogP contribution in [0.2, 0.25) is 0 Å². The number of aromatic nitrogens is 2. The first-order chi connectivity index (χ1) is 9.24. The van der Waals surface area contributed by atoms with Gasteiger partial charge >= 0.3 is 0 Å². The molecule has 0 fully saturated rings. The number of nitrogens with zero attached hydrogens (tertiary/aromatic N) is 2. The average Bonchev–Trinajstić information content (AvgIpc) is 2.85. The van der Waals surface area contributed by atoms with E-state index in [0.29, 0.717) is 12.3 Å². The number of nitrogens with one attached hydrogen (secondary N) is 1. The third-order valence-electron chi connectivity index (χ3n) is 2.86. The third-order valence-corrected chi connectivity index (χ3v) is 2.86. The minimum absolute atomic E-state index is 0.307. The predicted molar refractivity (Wildman–Crippen MR) is 72.8 cm³/mol. The lowest BCUT2D eigenvalue weighted by Crippen LogP contribution is -2.09. The molecular weight excluding hydrogens is 245 g/mol. The van der Waals surface area contributed by atoms with Crippen molar-refractivity contribution in [2.45, 2.75) is 26.4 Å². The fourth-order valence-corrected chi connectivity index (χ4v) is 1.92. The average molecular weight is 263 g/mol. The quantitative estimate of drug-likeness (QED) is 0.870. The van der Waals surface area contributed by atoms with Crippen LogP contribution in [0.15, 0.2) is 30.5 Å². The van der Waals surface area contributed by atoms with Crippen molar-refractivity contribution in [1.29, 1.82) is 0 Å². The Balaban J connectivity index is 2.07. The molecule has 0 aliphatic heterocycles. The maximum Gasteiger partial charge on any atom is 0.144 e. The molecule has 0 atom stereocenters. The lowest BCUT2D eigenvalue weighted by Gasteiger charge is -2.12. The summed E-state index contributed by atoms with van der Waals surface area (Å²) in [5.74, 6) is 0.194. The number of hydrogen-bond donors (Lipinski definition) is 1. The largest absolute Gasteiger partial charge is 0.494 e. The van der Waals surface area contributed by atoms with Gasteiger partial charge in [0, 0.05) is 18.8 Å². The number of anilines is 1. The Morgan fingerprint density at radius 2 is 2.21 bits per heavy atom. The molecule has 0 unspecified atom stereocenters. The van der Waals surface area contributed by atoms with Gasteiger partial charge in [0.15, 0.2) is 0 Å². The summed E-state index contributed by atoms with van der Waals surface area (Å²) in [7, 11) is 1.53. The zero-order chi connectivity index (χ0) is 13.7. The summed E-state index contributed by atoms with van der Waals surface area (Å²) in [6, 6.07) is 6.42. The van der Waals surface area contributed by atoms with Crippen molar-refractivity contribution in [2.24, 2.45) is 0 Å². The van der Waals surface area contributed by atoms with E-state index in [1.807, 2.05) is 10.7 Å². The van der Waals surface area contributed by atoms with E-state index in [1.54, 1.807) is 12.3 Å². The van der Waals surface area contributed by atoms with Gasteiger partial charge in [0.1, 0.15) is 11.6 Å². The van der Waals surface area contributed by atoms with Gasteiger partial charge in [0.25, 0.3) is 0 Å². The van der Waals surface area contributed by atoms with Crippen LogP contribution in [0.1, 0.15) is 19.0 Å². The van der Waals surface area contributed by atoms with Crippen LogP contribution < -0.4 is 10.1 Å². The first kappa shape index (κ1) is 13.4. The minimum atomic E-state index is -0.307. The number of benzene rings is 1. The van der Waals surface area contributed by atoms with E-state index >= 15 is 0 Å². The molecule has 1 N–H and O–H groups in total. The normalized spacial score (nSPS) is 10.5. The summed E-state index contributed by atoms with van der Waals surface area (Å²) in [5.41, 5.74) is 1.86. The highest BCUT2D eigenvalue weighted by Crippen LogP contribution is 2.25. The van der Waals surface area contributed by atoms with E-state index in [0.717, 1.165) is 24.3 Å². The van der Waals surface area contributed by atoms with Crippen molar-refractivity contribution >= 4 is 5.69 Å². The number of ether oxygens (including phenoxy) is 1. The summed E-state index contributed by atoms with van der Waals surface area (Å²) >= 11 is 0. The van der Waals surface area contributed by atoms with Gasteiger partial charge in [-0.15, -0.1) is 0 Å². The molecule has 0 aliphatic carbocycles. The summed E-state index contributed by atoms with van der Waals surface area (Å²) in [6.07, 6.45) is 2.82. The van der Waals surface area contributed by atoms with Crippen molar-refractivity contribution in [3.8, 4) is 5.75 Å². The van der Waals surface area contributed by atoms with Crippen molar-refractivity contribution < 1.29 is 9.13 Å². The Bertz CT molecular complexity index is 539. The topological polar surface area (TPSA) is 39.1 Å². The van der Waals surface area contributed by atoms with Crippen molar-refractivity contribution in [3.05, 3.63) is 42.0 Å². The highest BCUT2D eigenvalue weighted by Gasteiger charge is 2.06. The number of halogens is 1. The molecule has 0 radical (unpaired) electrons. The zero-order valence-corrected chi connectivity index (χ0v) is 11.2. The Hall–Kier alpha value is -2.04. The second-order valence-electron chi connectivity index (χ2n) is 4.24. The van der Waals surface area contributed by atoms with E-state index in [9.17, 15) is 4.39 Å². The Morgan fingerprint density at radius 1 is 1.37 bits per heavy atom. The van der Waals surface area contributed by atoms with Gasteiger partial charge in [0.2, 0.25) is 0 Å². The van der Waals surface area contributed by atoms with Gasteiger partial charge < -0.3 is 10.1 Å². The molecule has 0 saturated carbocycles. The highest BCUT2D eigenvalue weighted by molar-refractivity contribution is 5.56. The van der Waals surface area contributed by atoms with Crippen LogP contribution in [0.5, 0.6) is 5.75 Å². The van der Waals surface area contributed by atoms with Crippen LogP contribution >= 0.6 is 0 Å². The maximum atomic E-state index is 13.1.